The first-order chi connectivity index (χ1) is 32.3. The maximum absolute atomic E-state index is 11.9. The highest BCUT2D eigenvalue weighted by Crippen LogP contribution is 2.40. The molecular formula is C51H50Cl2N6O8. The van der Waals surface area contributed by atoms with Crippen LogP contribution in [-0.4, -0.2) is 65.8 Å². The van der Waals surface area contributed by atoms with Crippen LogP contribution in [-0.2, 0) is 14.3 Å². The van der Waals surface area contributed by atoms with Crippen molar-refractivity contribution in [3.05, 3.63) is 107 Å². The van der Waals surface area contributed by atoms with Crippen LogP contribution in [0.4, 0.5) is 0 Å². The second kappa shape index (κ2) is 19.3. The fourth-order valence-corrected chi connectivity index (χ4v) is 9.60. The van der Waals surface area contributed by atoms with Gasteiger partial charge in [-0.2, -0.15) is 9.97 Å². The van der Waals surface area contributed by atoms with E-state index in [1.807, 2.05) is 88.5 Å². The van der Waals surface area contributed by atoms with Crippen LogP contribution in [0, 0.1) is 11.8 Å². The number of hydrogen-bond donors (Lipinski definition) is 1. The van der Waals surface area contributed by atoms with Gasteiger partial charge in [0.1, 0.15) is 11.5 Å². The molecule has 4 aromatic carbocycles. The molecule has 14 nitrogen and oxygen atoms in total. The molecule has 0 saturated heterocycles. The number of methoxy groups -OCH3 is 1. The van der Waals surface area contributed by atoms with Crippen LogP contribution < -0.4 is 9.47 Å². The van der Waals surface area contributed by atoms with Crippen LogP contribution in [0.5, 0.6) is 11.5 Å². The molecule has 4 aromatic heterocycles. The van der Waals surface area contributed by atoms with Gasteiger partial charge in [-0.15, -0.1) is 0 Å². The van der Waals surface area contributed by atoms with E-state index in [0.29, 0.717) is 51.4 Å². The fourth-order valence-electron chi connectivity index (χ4n) is 9.15. The van der Waals surface area contributed by atoms with E-state index in [-0.39, 0.29) is 42.1 Å². The van der Waals surface area contributed by atoms with Crippen molar-refractivity contribution in [2.24, 2.45) is 11.8 Å². The quantitative estimate of drug-likeness (QED) is 0.115. The van der Waals surface area contributed by atoms with Crippen LogP contribution in [0.1, 0.15) is 78.3 Å². The third kappa shape index (κ3) is 9.77. The van der Waals surface area contributed by atoms with Gasteiger partial charge < -0.3 is 37.5 Å². The van der Waals surface area contributed by atoms with Crippen molar-refractivity contribution < 1.29 is 38.0 Å². The summed E-state index contributed by atoms with van der Waals surface area (Å²) in [6.45, 7) is 7.80. The topological polar surface area (TPSA) is 170 Å². The number of fused-ring (bicyclic) bond motifs is 2. The number of ether oxygens (including phenoxy) is 3. The smallest absolute Gasteiger partial charge is 0.308 e. The zero-order chi connectivity index (χ0) is 46.9. The first-order valence-electron chi connectivity index (χ1n) is 22.4. The Morgan fingerprint density at radius 1 is 0.627 bits per heavy atom. The van der Waals surface area contributed by atoms with Crippen molar-refractivity contribution >= 4 is 56.9 Å². The van der Waals surface area contributed by atoms with Crippen molar-refractivity contribution in [2.75, 3.05) is 7.11 Å². The average Bonchev–Trinajstić information content (AvgIpc) is 4.17. The number of halogens is 2. The largest absolute Gasteiger partial charge is 0.489 e. The van der Waals surface area contributed by atoms with E-state index in [1.165, 1.54) is 7.11 Å². The summed E-state index contributed by atoms with van der Waals surface area (Å²) in [5.41, 5.74) is 5.35. The standard InChI is InChI=1S/C26H26ClN3O4.C25H24ClN3O4/c1-15(2)33-23-9-6-17(14-21(23)27)24-28-25(34-29-24)18-5-8-22-16(12-18)10-11-30(22)20-7-4-19(13-20)26(31)32-3;1-14(2)32-22-8-5-16(13-20(22)26)23-27-24(33-28-23)17-4-7-21-15(11-17)9-10-29(21)19-6-3-18(12-19)25(30)31/h5-6,8-12,14-15,19-20H,4,7,13H2,1-3H3;4-5,7-11,13-14,18-19H,3,6,12H2,1-2H3,(H,30,31). The van der Waals surface area contributed by atoms with Gasteiger partial charge in [0.15, 0.2) is 0 Å². The van der Waals surface area contributed by atoms with E-state index in [0.717, 1.165) is 76.2 Å². The van der Waals surface area contributed by atoms with E-state index < -0.39 is 5.97 Å². The van der Waals surface area contributed by atoms with Crippen molar-refractivity contribution in [2.45, 2.75) is 90.5 Å². The zero-order valence-electron chi connectivity index (χ0n) is 37.7. The van der Waals surface area contributed by atoms with Crippen molar-refractivity contribution in [3.8, 4) is 57.2 Å². The SMILES string of the molecule is CC(C)Oc1ccc(-c2noc(-c3ccc4c(ccn4C4CCC(C(=O)O)C4)c3)n2)cc1Cl.COC(=O)C1CCC(n2ccc3cc(-c4nc(-c5ccc(OC(C)C)c(Cl)c5)no4)ccc32)C1. The molecule has 0 bridgehead atoms. The zero-order valence-corrected chi connectivity index (χ0v) is 39.2. The molecule has 2 saturated carbocycles. The van der Waals surface area contributed by atoms with E-state index in [2.05, 4.69) is 47.7 Å². The number of benzene rings is 4. The normalized spacial score (nSPS) is 18.2. The number of carbonyl (C=O) groups excluding carboxylic acids is 1. The van der Waals surface area contributed by atoms with E-state index >= 15 is 0 Å². The highest BCUT2D eigenvalue weighted by Gasteiger charge is 2.33. The molecule has 4 unspecified atom stereocenters. The Morgan fingerprint density at radius 2 is 1.07 bits per heavy atom. The molecule has 16 heteroatoms. The predicted molar refractivity (Wildman–Crippen MR) is 255 cm³/mol. The summed E-state index contributed by atoms with van der Waals surface area (Å²) < 4.78 is 31.8. The third-order valence-corrected chi connectivity index (χ3v) is 13.0. The highest BCUT2D eigenvalue weighted by atomic mass is 35.5. The van der Waals surface area contributed by atoms with Gasteiger partial charge in [-0.05, 0) is 151 Å². The van der Waals surface area contributed by atoms with Crippen LogP contribution in [0.3, 0.4) is 0 Å². The molecule has 0 aliphatic heterocycles. The Labute approximate surface area is 396 Å². The number of aromatic nitrogens is 6. The number of carbonyl (C=O) groups is 2. The second-order valence-electron chi connectivity index (χ2n) is 17.7. The molecule has 67 heavy (non-hydrogen) atoms. The van der Waals surface area contributed by atoms with Gasteiger partial charge in [-0.25, -0.2) is 0 Å². The summed E-state index contributed by atoms with van der Waals surface area (Å²) in [6, 6.07) is 27.6. The van der Waals surface area contributed by atoms with E-state index in [9.17, 15) is 14.7 Å². The molecule has 2 aliphatic rings. The first kappa shape index (κ1) is 45.5. The molecule has 2 aliphatic carbocycles. The summed E-state index contributed by atoms with van der Waals surface area (Å²) in [5, 5.41) is 20.7. The Morgan fingerprint density at radius 3 is 1.49 bits per heavy atom. The van der Waals surface area contributed by atoms with E-state index in [4.69, 9.17) is 46.5 Å². The molecule has 2 fully saturated rings. The lowest BCUT2D eigenvalue weighted by atomic mass is 10.1. The van der Waals surface area contributed by atoms with Crippen molar-refractivity contribution in [3.63, 3.8) is 0 Å². The molecule has 1 N–H and O–H groups in total. The monoisotopic (exact) mass is 944 g/mol. The molecule has 0 amide bonds. The first-order valence-corrected chi connectivity index (χ1v) is 23.2. The summed E-state index contributed by atoms with van der Waals surface area (Å²) in [4.78, 5) is 32.4. The van der Waals surface area contributed by atoms with E-state index in [1.54, 1.807) is 18.2 Å². The van der Waals surface area contributed by atoms with Gasteiger partial charge in [0, 0.05) is 68.5 Å². The van der Waals surface area contributed by atoms with Crippen molar-refractivity contribution in [1.29, 1.82) is 0 Å². The van der Waals surface area contributed by atoms with Crippen LogP contribution in [0.2, 0.25) is 10.0 Å². The number of nitrogens with zero attached hydrogens (tertiary/aromatic N) is 6. The summed E-state index contributed by atoms with van der Waals surface area (Å²) in [6.07, 6.45) is 9.06. The maximum atomic E-state index is 11.9. The minimum Gasteiger partial charge on any atom is -0.489 e. The van der Waals surface area contributed by atoms with Crippen LogP contribution >= 0.6 is 23.2 Å². The summed E-state index contributed by atoms with van der Waals surface area (Å²) >= 11 is 12.7. The molecule has 8 aromatic rings. The van der Waals surface area contributed by atoms with Crippen molar-refractivity contribution in [1.82, 2.24) is 29.4 Å². The Bertz CT molecular complexity index is 3080. The number of carboxylic acid groups (broad SMARTS) is 1. The lowest BCUT2D eigenvalue weighted by Gasteiger charge is -2.14. The number of esters is 1. The van der Waals surface area contributed by atoms with Crippen LogP contribution in [0.15, 0.2) is 106 Å². The molecule has 10 rings (SSSR count). The Hall–Kier alpha value is -6.64. The number of aliphatic carboxylic acids is 1. The summed E-state index contributed by atoms with van der Waals surface area (Å²) in [5.74, 6) is 1.91. The Kier molecular flexibility index (Phi) is 13.1. The molecule has 4 heterocycles. The highest BCUT2D eigenvalue weighted by molar-refractivity contribution is 6.32. The lowest BCUT2D eigenvalue weighted by Crippen LogP contribution is -2.13. The van der Waals surface area contributed by atoms with Gasteiger partial charge in [-0.1, -0.05) is 33.5 Å². The maximum Gasteiger partial charge on any atom is 0.308 e. The molecule has 4 atom stereocenters. The van der Waals surface area contributed by atoms with Gasteiger partial charge >= 0.3 is 11.9 Å². The molecule has 0 spiro atoms. The Balaban J connectivity index is 0.000000168. The number of rotatable bonds is 12. The number of carboxylic acids is 1. The lowest BCUT2D eigenvalue weighted by molar-refractivity contribution is -0.145. The fraction of sp³-hybridized carbons (Fsp3) is 0.333. The second-order valence-corrected chi connectivity index (χ2v) is 18.5. The molecule has 346 valence electrons. The minimum absolute atomic E-state index is 0.0250. The third-order valence-electron chi connectivity index (χ3n) is 12.4. The summed E-state index contributed by atoms with van der Waals surface area (Å²) in [7, 11) is 1.45. The van der Waals surface area contributed by atoms with Crippen LogP contribution in [0.25, 0.3) is 67.5 Å². The predicted octanol–water partition coefficient (Wildman–Crippen LogP) is 12.5. The average molecular weight is 946 g/mol. The molecular weight excluding hydrogens is 896 g/mol. The minimum atomic E-state index is -0.702. The van der Waals surface area contributed by atoms with Gasteiger partial charge in [0.25, 0.3) is 11.8 Å². The molecule has 0 radical (unpaired) electrons. The van der Waals surface area contributed by atoms with Gasteiger partial charge in [-0.3, -0.25) is 9.59 Å². The van der Waals surface area contributed by atoms with Gasteiger partial charge in [0.2, 0.25) is 11.6 Å². The number of hydrogen-bond acceptors (Lipinski definition) is 11. The van der Waals surface area contributed by atoms with Gasteiger partial charge in [0.05, 0.1) is 41.2 Å².